The minimum Gasteiger partial charge on any atom is -0.379 e. The predicted molar refractivity (Wildman–Crippen MR) is 93.4 cm³/mol. The average molecular weight is 347 g/mol. The number of nitrogens with one attached hydrogen (secondary N) is 1. The van der Waals surface area contributed by atoms with Crippen LogP contribution in [-0.4, -0.2) is 54.8 Å². The van der Waals surface area contributed by atoms with Crippen LogP contribution in [0.15, 0.2) is 29.2 Å². The molecule has 0 spiro atoms. The highest BCUT2D eigenvalue weighted by molar-refractivity contribution is 5.97. The van der Waals surface area contributed by atoms with Gasteiger partial charge in [-0.2, -0.15) is 0 Å². The van der Waals surface area contributed by atoms with Gasteiger partial charge in [-0.3, -0.25) is 14.5 Å². The number of pyridine rings is 1. The molecule has 1 saturated heterocycles. The van der Waals surface area contributed by atoms with Gasteiger partial charge in [-0.15, -0.1) is 0 Å². The summed E-state index contributed by atoms with van der Waals surface area (Å²) in [4.78, 5) is 27.1. The molecular formula is C18H22FN3O3. The summed E-state index contributed by atoms with van der Waals surface area (Å²) >= 11 is 0. The van der Waals surface area contributed by atoms with Crippen molar-refractivity contribution < 1.29 is 13.9 Å². The van der Waals surface area contributed by atoms with Crippen LogP contribution in [0.25, 0.3) is 10.9 Å². The highest BCUT2D eigenvalue weighted by Gasteiger charge is 2.15. The Morgan fingerprint density at radius 1 is 1.32 bits per heavy atom. The summed E-state index contributed by atoms with van der Waals surface area (Å²) in [6.45, 7) is 4.67. The first kappa shape index (κ1) is 17.6. The summed E-state index contributed by atoms with van der Waals surface area (Å²) in [5, 5.41) is 2.99. The number of hydrogen-bond acceptors (Lipinski definition) is 4. The van der Waals surface area contributed by atoms with Gasteiger partial charge in [0.2, 0.25) is 5.43 Å². The first-order chi connectivity index (χ1) is 12.1. The fourth-order valence-electron chi connectivity index (χ4n) is 3.05. The SMILES string of the molecule is Cn1cc(C(=O)NCCCN2CCOCC2)c(=O)c2cc(F)ccc21. The number of carbonyl (C=O) groups excluding carboxylic acids is 1. The van der Waals surface area contributed by atoms with Crippen molar-refractivity contribution in [3.05, 3.63) is 46.0 Å². The summed E-state index contributed by atoms with van der Waals surface area (Å²) in [6.07, 6.45) is 2.30. The van der Waals surface area contributed by atoms with E-state index in [0.717, 1.165) is 39.3 Å². The second kappa shape index (κ2) is 7.76. The lowest BCUT2D eigenvalue weighted by molar-refractivity contribution is 0.0374. The Morgan fingerprint density at radius 3 is 2.84 bits per heavy atom. The second-order valence-corrected chi connectivity index (χ2v) is 6.21. The van der Waals surface area contributed by atoms with E-state index in [-0.39, 0.29) is 10.9 Å². The lowest BCUT2D eigenvalue weighted by Crippen LogP contribution is -2.38. The number of aromatic nitrogens is 1. The number of rotatable bonds is 5. The van der Waals surface area contributed by atoms with Crippen LogP contribution in [-0.2, 0) is 11.8 Å². The molecule has 0 bridgehead atoms. The number of hydrogen-bond donors (Lipinski definition) is 1. The van der Waals surface area contributed by atoms with E-state index in [2.05, 4.69) is 10.2 Å². The Kier molecular flexibility index (Phi) is 5.45. The van der Waals surface area contributed by atoms with Gasteiger partial charge < -0.3 is 14.6 Å². The molecule has 1 aromatic carbocycles. The number of aryl methyl sites for hydroxylation is 1. The van der Waals surface area contributed by atoms with Crippen LogP contribution in [0.1, 0.15) is 16.8 Å². The Bertz CT molecular complexity index is 828. The van der Waals surface area contributed by atoms with Crippen LogP contribution >= 0.6 is 0 Å². The summed E-state index contributed by atoms with van der Waals surface area (Å²) in [6, 6.07) is 4.01. The third kappa shape index (κ3) is 4.05. The quantitative estimate of drug-likeness (QED) is 0.824. The normalized spacial score (nSPS) is 15.4. The molecule has 7 heteroatoms. The molecule has 0 radical (unpaired) electrons. The van der Waals surface area contributed by atoms with Crippen molar-refractivity contribution in [1.82, 2.24) is 14.8 Å². The fraction of sp³-hybridized carbons (Fsp3) is 0.444. The van der Waals surface area contributed by atoms with E-state index in [4.69, 9.17) is 4.74 Å². The predicted octanol–water partition coefficient (Wildman–Crippen LogP) is 1.13. The molecule has 1 fully saturated rings. The molecule has 0 unspecified atom stereocenters. The number of benzene rings is 1. The molecule has 2 aromatic rings. The van der Waals surface area contributed by atoms with E-state index in [1.54, 1.807) is 11.6 Å². The van der Waals surface area contributed by atoms with Gasteiger partial charge in [-0.1, -0.05) is 0 Å². The fourth-order valence-corrected chi connectivity index (χ4v) is 3.05. The number of morpholine rings is 1. The molecule has 3 rings (SSSR count). The average Bonchev–Trinajstić information content (AvgIpc) is 2.62. The largest absolute Gasteiger partial charge is 0.379 e. The Balaban J connectivity index is 1.65. The highest BCUT2D eigenvalue weighted by Crippen LogP contribution is 2.12. The van der Waals surface area contributed by atoms with Gasteiger partial charge in [0.15, 0.2) is 0 Å². The van der Waals surface area contributed by atoms with Crippen LogP contribution in [0, 0.1) is 5.82 Å². The maximum absolute atomic E-state index is 13.4. The minimum absolute atomic E-state index is 0.0342. The Hall–Kier alpha value is -2.25. The van der Waals surface area contributed by atoms with Crippen LogP contribution in [0.4, 0.5) is 4.39 Å². The maximum atomic E-state index is 13.4. The molecule has 1 aliphatic heterocycles. The third-order valence-corrected chi connectivity index (χ3v) is 4.44. The van der Waals surface area contributed by atoms with Gasteiger partial charge in [-0.25, -0.2) is 4.39 Å². The molecule has 6 nitrogen and oxygen atoms in total. The second-order valence-electron chi connectivity index (χ2n) is 6.21. The van der Waals surface area contributed by atoms with Crippen molar-refractivity contribution in [1.29, 1.82) is 0 Å². The Labute approximate surface area is 145 Å². The Morgan fingerprint density at radius 2 is 2.08 bits per heavy atom. The molecule has 0 saturated carbocycles. The zero-order valence-corrected chi connectivity index (χ0v) is 14.3. The number of carbonyl (C=O) groups is 1. The standard InChI is InChI=1S/C18H22FN3O3/c1-21-12-15(17(23)14-11-13(19)3-4-16(14)21)18(24)20-5-2-6-22-7-9-25-10-8-22/h3-4,11-12H,2,5-10H2,1H3,(H,20,24). The zero-order valence-electron chi connectivity index (χ0n) is 14.3. The van der Waals surface area contributed by atoms with Crippen molar-refractivity contribution in [3.63, 3.8) is 0 Å². The maximum Gasteiger partial charge on any atom is 0.256 e. The molecule has 25 heavy (non-hydrogen) atoms. The van der Waals surface area contributed by atoms with Crippen molar-refractivity contribution in [2.75, 3.05) is 39.4 Å². The summed E-state index contributed by atoms with van der Waals surface area (Å²) in [5.41, 5.74) is 0.181. The van der Waals surface area contributed by atoms with Crippen LogP contribution in [0.5, 0.6) is 0 Å². The van der Waals surface area contributed by atoms with E-state index in [9.17, 15) is 14.0 Å². The van der Waals surface area contributed by atoms with Gasteiger partial charge in [0.1, 0.15) is 11.4 Å². The van der Waals surface area contributed by atoms with Crippen LogP contribution in [0.3, 0.4) is 0 Å². The van der Waals surface area contributed by atoms with E-state index in [0.29, 0.717) is 12.1 Å². The van der Waals surface area contributed by atoms with E-state index < -0.39 is 17.2 Å². The highest BCUT2D eigenvalue weighted by atomic mass is 19.1. The van der Waals surface area contributed by atoms with Crippen molar-refractivity contribution in [2.45, 2.75) is 6.42 Å². The van der Waals surface area contributed by atoms with Gasteiger partial charge in [0.05, 0.1) is 18.7 Å². The number of halogens is 1. The molecule has 1 N–H and O–H groups in total. The molecular weight excluding hydrogens is 325 g/mol. The third-order valence-electron chi connectivity index (χ3n) is 4.44. The summed E-state index contributed by atoms with van der Waals surface area (Å²) < 4.78 is 20.4. The molecule has 1 aliphatic rings. The summed E-state index contributed by atoms with van der Waals surface area (Å²) in [5.74, 6) is -0.915. The van der Waals surface area contributed by atoms with E-state index in [1.807, 2.05) is 0 Å². The first-order valence-corrected chi connectivity index (χ1v) is 8.43. The van der Waals surface area contributed by atoms with Crippen LogP contribution < -0.4 is 10.7 Å². The lowest BCUT2D eigenvalue weighted by Gasteiger charge is -2.26. The van der Waals surface area contributed by atoms with Crippen molar-refractivity contribution in [2.24, 2.45) is 7.05 Å². The van der Waals surface area contributed by atoms with E-state index >= 15 is 0 Å². The minimum atomic E-state index is -0.493. The monoisotopic (exact) mass is 347 g/mol. The van der Waals surface area contributed by atoms with Gasteiger partial charge >= 0.3 is 0 Å². The molecule has 0 aliphatic carbocycles. The number of amides is 1. The van der Waals surface area contributed by atoms with Crippen molar-refractivity contribution in [3.8, 4) is 0 Å². The van der Waals surface area contributed by atoms with Gasteiger partial charge in [0, 0.05) is 38.3 Å². The van der Waals surface area contributed by atoms with Crippen molar-refractivity contribution >= 4 is 16.8 Å². The van der Waals surface area contributed by atoms with Crippen LogP contribution in [0.2, 0.25) is 0 Å². The summed E-state index contributed by atoms with van der Waals surface area (Å²) in [7, 11) is 1.73. The lowest BCUT2D eigenvalue weighted by atomic mass is 10.1. The molecule has 2 heterocycles. The topological polar surface area (TPSA) is 63.6 Å². The van der Waals surface area contributed by atoms with E-state index in [1.165, 1.54) is 24.4 Å². The first-order valence-electron chi connectivity index (χ1n) is 8.43. The van der Waals surface area contributed by atoms with Gasteiger partial charge in [-0.05, 0) is 31.2 Å². The number of fused-ring (bicyclic) bond motifs is 1. The van der Waals surface area contributed by atoms with Gasteiger partial charge in [0.25, 0.3) is 5.91 Å². The number of ether oxygens (including phenoxy) is 1. The molecule has 0 atom stereocenters. The molecule has 1 aromatic heterocycles. The molecule has 1 amide bonds. The number of nitrogens with zero attached hydrogens (tertiary/aromatic N) is 2. The zero-order chi connectivity index (χ0) is 17.8. The smallest absolute Gasteiger partial charge is 0.256 e. The molecule has 134 valence electrons.